The second-order valence-corrected chi connectivity index (χ2v) is 5.35. The number of carbonyl (C=O) groups is 1. The van der Waals surface area contributed by atoms with Crippen LogP contribution in [0.1, 0.15) is 29.6 Å². The molecule has 1 aromatic heterocycles. The van der Waals surface area contributed by atoms with E-state index in [-0.39, 0.29) is 18.6 Å². The summed E-state index contributed by atoms with van der Waals surface area (Å²) in [4.78, 5) is 16.2. The zero-order chi connectivity index (χ0) is 13.0. The first-order valence-electron chi connectivity index (χ1n) is 6.16. The largest absolute Gasteiger partial charge is 0.396 e. The highest BCUT2D eigenvalue weighted by molar-refractivity contribution is 7.98. The molecule has 1 fully saturated rings. The predicted molar refractivity (Wildman–Crippen MR) is 71.7 cm³/mol. The molecule has 4 nitrogen and oxygen atoms in total. The molecule has 2 rings (SSSR count). The van der Waals surface area contributed by atoms with Crippen LogP contribution in [0.5, 0.6) is 0 Å². The summed E-state index contributed by atoms with van der Waals surface area (Å²) in [5.41, 5.74) is 0.580. The van der Waals surface area contributed by atoms with E-state index in [1.807, 2.05) is 12.3 Å². The number of amides is 1. The summed E-state index contributed by atoms with van der Waals surface area (Å²) < 4.78 is 0. The number of nitrogens with one attached hydrogen (secondary N) is 1. The average molecular weight is 266 g/mol. The molecule has 1 amide bonds. The fourth-order valence-electron chi connectivity index (χ4n) is 1.95. The Morgan fingerprint density at radius 1 is 1.61 bits per heavy atom. The first-order chi connectivity index (χ1) is 8.74. The number of hydrogen-bond acceptors (Lipinski definition) is 4. The Labute approximate surface area is 111 Å². The predicted octanol–water partition coefficient (Wildman–Crippen LogP) is 1.69. The van der Waals surface area contributed by atoms with Crippen molar-refractivity contribution in [2.75, 3.05) is 12.9 Å². The fourth-order valence-corrected chi connectivity index (χ4v) is 2.31. The summed E-state index contributed by atoms with van der Waals surface area (Å²) in [5, 5.41) is 12.9. The number of aliphatic hydroxyl groups is 1. The summed E-state index contributed by atoms with van der Waals surface area (Å²) in [5.74, 6) is 0.444. The summed E-state index contributed by atoms with van der Waals surface area (Å²) in [6.45, 7) is 0.116. The van der Waals surface area contributed by atoms with Crippen LogP contribution in [0.25, 0.3) is 0 Å². The van der Waals surface area contributed by atoms with Gasteiger partial charge in [-0.15, -0.1) is 11.8 Å². The van der Waals surface area contributed by atoms with Gasteiger partial charge >= 0.3 is 0 Å². The van der Waals surface area contributed by atoms with Crippen molar-refractivity contribution in [2.45, 2.75) is 30.3 Å². The average Bonchev–Trinajstić information content (AvgIpc) is 3.22. The van der Waals surface area contributed by atoms with Gasteiger partial charge in [0, 0.05) is 18.8 Å². The van der Waals surface area contributed by atoms with Gasteiger partial charge in [0.2, 0.25) is 0 Å². The van der Waals surface area contributed by atoms with Crippen molar-refractivity contribution >= 4 is 17.7 Å². The monoisotopic (exact) mass is 266 g/mol. The molecule has 0 bridgehead atoms. The zero-order valence-electron chi connectivity index (χ0n) is 10.4. The number of hydrogen-bond donors (Lipinski definition) is 2. The van der Waals surface area contributed by atoms with Crippen molar-refractivity contribution in [3.63, 3.8) is 0 Å². The molecule has 0 saturated heterocycles. The topological polar surface area (TPSA) is 62.2 Å². The van der Waals surface area contributed by atoms with Crippen molar-refractivity contribution in [3.05, 3.63) is 23.9 Å². The molecule has 1 unspecified atom stereocenters. The van der Waals surface area contributed by atoms with E-state index in [0.29, 0.717) is 17.9 Å². The normalized spacial score (nSPS) is 16.3. The maximum Gasteiger partial charge on any atom is 0.253 e. The molecule has 2 N–H and O–H groups in total. The van der Waals surface area contributed by atoms with Crippen LogP contribution in [0.2, 0.25) is 0 Å². The van der Waals surface area contributed by atoms with Gasteiger partial charge in [-0.3, -0.25) is 4.79 Å². The lowest BCUT2D eigenvalue weighted by Crippen LogP contribution is -2.37. The van der Waals surface area contributed by atoms with Crippen molar-refractivity contribution in [1.82, 2.24) is 10.3 Å². The van der Waals surface area contributed by atoms with E-state index in [9.17, 15) is 4.79 Å². The highest BCUT2D eigenvalue weighted by Gasteiger charge is 2.31. The number of aromatic nitrogens is 1. The SMILES string of the molecule is CSc1ccc(C(=O)NC(CCO)C2CC2)cn1. The van der Waals surface area contributed by atoms with Gasteiger partial charge < -0.3 is 10.4 Å². The lowest BCUT2D eigenvalue weighted by molar-refractivity contribution is 0.0924. The van der Waals surface area contributed by atoms with Gasteiger partial charge in [-0.1, -0.05) is 0 Å². The van der Waals surface area contributed by atoms with Crippen molar-refractivity contribution in [3.8, 4) is 0 Å². The third-order valence-corrected chi connectivity index (χ3v) is 3.82. The lowest BCUT2D eigenvalue weighted by Gasteiger charge is -2.17. The molecule has 0 spiro atoms. The Balaban J connectivity index is 1.96. The highest BCUT2D eigenvalue weighted by atomic mass is 32.2. The van der Waals surface area contributed by atoms with E-state index in [4.69, 9.17) is 5.11 Å². The van der Waals surface area contributed by atoms with Crippen LogP contribution < -0.4 is 5.32 Å². The zero-order valence-corrected chi connectivity index (χ0v) is 11.2. The molecule has 1 aliphatic rings. The molecular weight excluding hydrogens is 248 g/mol. The van der Waals surface area contributed by atoms with Crippen molar-refractivity contribution in [2.24, 2.45) is 5.92 Å². The Morgan fingerprint density at radius 3 is 2.89 bits per heavy atom. The number of nitrogens with zero attached hydrogens (tertiary/aromatic N) is 1. The molecule has 0 aliphatic heterocycles. The maximum atomic E-state index is 12.0. The van der Waals surface area contributed by atoms with Gasteiger partial charge in [-0.2, -0.15) is 0 Å². The van der Waals surface area contributed by atoms with Crippen molar-refractivity contribution < 1.29 is 9.90 Å². The number of thioether (sulfide) groups is 1. The number of rotatable bonds is 6. The number of pyridine rings is 1. The molecule has 1 atom stereocenters. The molecule has 98 valence electrons. The van der Waals surface area contributed by atoms with Crippen LogP contribution in [0.15, 0.2) is 23.4 Å². The summed E-state index contributed by atoms with van der Waals surface area (Å²) >= 11 is 1.55. The Morgan fingerprint density at radius 2 is 2.39 bits per heavy atom. The number of carbonyl (C=O) groups excluding carboxylic acids is 1. The van der Waals surface area contributed by atoms with Gasteiger partial charge in [-0.25, -0.2) is 4.98 Å². The minimum atomic E-state index is -0.0968. The van der Waals surface area contributed by atoms with Crippen LogP contribution in [0.3, 0.4) is 0 Å². The van der Waals surface area contributed by atoms with E-state index in [1.165, 1.54) is 0 Å². The molecule has 5 heteroatoms. The highest BCUT2D eigenvalue weighted by Crippen LogP contribution is 2.34. The third kappa shape index (κ3) is 3.46. The van der Waals surface area contributed by atoms with Gasteiger partial charge in [0.15, 0.2) is 0 Å². The van der Waals surface area contributed by atoms with E-state index < -0.39 is 0 Å². The summed E-state index contributed by atoms with van der Waals surface area (Å²) in [6.07, 6.45) is 6.48. The van der Waals surface area contributed by atoms with Gasteiger partial charge in [0.05, 0.1) is 10.6 Å². The van der Waals surface area contributed by atoms with E-state index in [0.717, 1.165) is 17.9 Å². The van der Waals surface area contributed by atoms with Crippen LogP contribution in [0.4, 0.5) is 0 Å². The summed E-state index contributed by atoms with van der Waals surface area (Å²) in [7, 11) is 0. The molecule has 0 radical (unpaired) electrons. The van der Waals surface area contributed by atoms with Crippen LogP contribution >= 0.6 is 11.8 Å². The molecule has 1 saturated carbocycles. The fraction of sp³-hybridized carbons (Fsp3) is 0.538. The first kappa shape index (κ1) is 13.4. The molecule has 1 heterocycles. The molecular formula is C13H18N2O2S. The number of aliphatic hydroxyl groups excluding tert-OH is 1. The quantitative estimate of drug-likeness (QED) is 0.769. The van der Waals surface area contributed by atoms with Crippen LogP contribution in [-0.4, -0.2) is 34.9 Å². The lowest BCUT2D eigenvalue weighted by atomic mass is 10.1. The van der Waals surface area contributed by atoms with E-state index in [2.05, 4.69) is 10.3 Å². The molecule has 1 aliphatic carbocycles. The standard InChI is InChI=1S/C13H18N2O2S/c1-18-12-5-4-10(8-14-12)13(17)15-11(6-7-16)9-2-3-9/h4-5,8-9,11,16H,2-3,6-7H2,1H3,(H,15,17). The minimum Gasteiger partial charge on any atom is -0.396 e. The van der Waals surface area contributed by atoms with Gasteiger partial charge in [-0.05, 0) is 43.6 Å². The molecule has 0 aromatic carbocycles. The maximum absolute atomic E-state index is 12.0. The van der Waals surface area contributed by atoms with Crippen molar-refractivity contribution in [1.29, 1.82) is 0 Å². The molecule has 18 heavy (non-hydrogen) atoms. The van der Waals surface area contributed by atoms with Gasteiger partial charge in [0.25, 0.3) is 5.91 Å². The second kappa shape index (κ2) is 6.20. The Hall–Kier alpha value is -1.07. The van der Waals surface area contributed by atoms with Gasteiger partial charge in [0.1, 0.15) is 0 Å². The first-order valence-corrected chi connectivity index (χ1v) is 7.39. The smallest absolute Gasteiger partial charge is 0.253 e. The molecule has 1 aromatic rings. The Kier molecular flexibility index (Phi) is 4.60. The minimum absolute atomic E-state index is 0.0968. The Bertz CT molecular complexity index is 404. The van der Waals surface area contributed by atoms with E-state index >= 15 is 0 Å². The summed E-state index contributed by atoms with van der Waals surface area (Å²) in [6, 6.07) is 3.73. The van der Waals surface area contributed by atoms with E-state index in [1.54, 1.807) is 24.0 Å². The second-order valence-electron chi connectivity index (χ2n) is 4.52. The third-order valence-electron chi connectivity index (χ3n) is 3.16. The van der Waals surface area contributed by atoms with Crippen LogP contribution in [0, 0.1) is 5.92 Å². The van der Waals surface area contributed by atoms with Crippen LogP contribution in [-0.2, 0) is 0 Å².